The molecule has 0 aromatic rings. The maximum absolute atomic E-state index is 8.87. The first-order valence-electron chi connectivity index (χ1n) is 11.6. The summed E-state index contributed by atoms with van der Waals surface area (Å²) in [5, 5.41) is 7.72. The number of rotatable bonds is 15. The molecule has 2 aliphatic rings. The molecule has 0 amide bonds. The molecule has 0 aliphatic carbocycles. The Morgan fingerprint density at radius 3 is 1.56 bits per heavy atom. The monoisotopic (exact) mass is 480 g/mol. The van der Waals surface area contributed by atoms with Gasteiger partial charge >= 0.3 is 0 Å². The van der Waals surface area contributed by atoms with E-state index < -0.39 is 12.6 Å². The van der Waals surface area contributed by atoms with Crippen LogP contribution in [0.2, 0.25) is 0 Å². The molecule has 2 fully saturated rings. The predicted molar refractivity (Wildman–Crippen MR) is 125 cm³/mol. The second kappa shape index (κ2) is 15.7. The van der Waals surface area contributed by atoms with Crippen molar-refractivity contribution in [2.75, 3.05) is 26.4 Å². The lowest BCUT2D eigenvalue weighted by atomic mass is 10.00. The smallest absolute Gasteiger partial charge is 0.158 e. The highest BCUT2D eigenvalue weighted by Crippen LogP contribution is 2.27. The van der Waals surface area contributed by atoms with E-state index in [1.807, 2.05) is 13.8 Å². The van der Waals surface area contributed by atoms with Crippen molar-refractivity contribution in [3.8, 4) is 0 Å². The van der Waals surface area contributed by atoms with Crippen molar-refractivity contribution in [1.82, 2.24) is 0 Å². The van der Waals surface area contributed by atoms with Gasteiger partial charge in [-0.05, 0) is 37.8 Å². The summed E-state index contributed by atoms with van der Waals surface area (Å²) >= 11 is 0. The molecule has 2 aliphatic heterocycles. The largest absolute Gasteiger partial charge is 0.371 e. The van der Waals surface area contributed by atoms with Gasteiger partial charge in [0.15, 0.2) is 12.6 Å². The van der Waals surface area contributed by atoms with Gasteiger partial charge in [0.2, 0.25) is 0 Å². The third-order valence-corrected chi connectivity index (χ3v) is 5.64. The molecule has 8 atom stereocenters. The first kappa shape index (κ1) is 28.1. The van der Waals surface area contributed by atoms with Gasteiger partial charge in [-0.25, -0.2) is 0 Å². The van der Waals surface area contributed by atoms with E-state index in [-0.39, 0.29) is 36.5 Å². The zero-order valence-electron chi connectivity index (χ0n) is 20.0. The zero-order chi connectivity index (χ0) is 24.8. The highest BCUT2D eigenvalue weighted by atomic mass is 16.7. The molecule has 34 heavy (non-hydrogen) atoms. The van der Waals surface area contributed by atoms with Crippen LogP contribution in [0.4, 0.5) is 0 Å². The second-order valence-electron chi connectivity index (χ2n) is 8.18. The maximum Gasteiger partial charge on any atom is 0.158 e. The van der Waals surface area contributed by atoms with Crippen LogP contribution in [0, 0.1) is 0 Å². The molecule has 0 spiro atoms. The summed E-state index contributed by atoms with van der Waals surface area (Å²) in [7, 11) is 0. The van der Waals surface area contributed by atoms with Crippen LogP contribution >= 0.6 is 0 Å². The van der Waals surface area contributed by atoms with E-state index in [2.05, 4.69) is 33.2 Å². The van der Waals surface area contributed by atoms with Crippen LogP contribution < -0.4 is 0 Å². The Kier molecular flexibility index (Phi) is 13.0. The van der Waals surface area contributed by atoms with Gasteiger partial charge in [-0.15, -0.1) is 13.2 Å². The van der Waals surface area contributed by atoms with Crippen molar-refractivity contribution in [3.05, 3.63) is 46.2 Å². The number of azide groups is 2. The molecule has 0 saturated carbocycles. The molecule has 0 aromatic heterocycles. The summed E-state index contributed by atoms with van der Waals surface area (Å²) in [6.07, 6.45) is 3.51. The molecule has 2 saturated heterocycles. The maximum atomic E-state index is 8.87. The summed E-state index contributed by atoms with van der Waals surface area (Å²) in [6, 6.07) is -0.730. The highest BCUT2D eigenvalue weighted by molar-refractivity contribution is 4.89. The summed E-state index contributed by atoms with van der Waals surface area (Å²) in [5.74, 6) is 0. The van der Waals surface area contributed by atoms with Crippen LogP contribution in [-0.4, -0.2) is 75.5 Å². The quantitative estimate of drug-likeness (QED) is 0.110. The van der Waals surface area contributed by atoms with Crippen molar-refractivity contribution in [3.63, 3.8) is 0 Å². The van der Waals surface area contributed by atoms with Crippen LogP contribution in [-0.2, 0) is 28.4 Å². The lowest BCUT2D eigenvalue weighted by Crippen LogP contribution is -2.48. The Hall–Kier alpha value is -2.14. The molecule has 0 unspecified atom stereocenters. The lowest BCUT2D eigenvalue weighted by Gasteiger charge is -2.38. The van der Waals surface area contributed by atoms with E-state index in [4.69, 9.17) is 39.5 Å². The third kappa shape index (κ3) is 8.90. The second-order valence-corrected chi connectivity index (χ2v) is 8.18. The molecule has 0 bridgehead atoms. The minimum absolute atomic E-state index is 0.272. The van der Waals surface area contributed by atoms with Crippen LogP contribution in [0.3, 0.4) is 0 Å². The van der Waals surface area contributed by atoms with Crippen molar-refractivity contribution < 1.29 is 28.4 Å². The molecule has 0 aromatic carbocycles. The van der Waals surface area contributed by atoms with Gasteiger partial charge in [-0.2, -0.15) is 0 Å². The average molecular weight is 481 g/mol. The summed E-state index contributed by atoms with van der Waals surface area (Å²) in [4.78, 5) is 5.87. The number of nitrogens with zero attached hydrogens (tertiary/aromatic N) is 6. The van der Waals surface area contributed by atoms with Gasteiger partial charge in [0.25, 0.3) is 0 Å². The van der Waals surface area contributed by atoms with E-state index in [0.717, 1.165) is 12.8 Å². The van der Waals surface area contributed by atoms with Gasteiger partial charge < -0.3 is 28.4 Å². The van der Waals surface area contributed by atoms with Crippen LogP contribution in [0.15, 0.2) is 35.5 Å². The normalized spacial score (nSPS) is 33.4. The van der Waals surface area contributed by atoms with Gasteiger partial charge in [0.1, 0.15) is 0 Å². The SMILES string of the molecule is C=CCO[C@@H]1[C@@H](N=[N+]=[N-])C[C@H](OCCCCO[C@H]2C[C@H](N=[N+]=[N-])[C@@H](OCC=C)[C@H](C)O2)O[C@H]1C. The molecule has 12 nitrogen and oxygen atoms in total. The van der Waals surface area contributed by atoms with E-state index >= 15 is 0 Å². The topological polar surface area (TPSA) is 153 Å². The third-order valence-electron chi connectivity index (χ3n) is 5.64. The average Bonchev–Trinajstić information content (AvgIpc) is 2.81. The predicted octanol–water partition coefficient (Wildman–Crippen LogP) is 4.57. The minimum Gasteiger partial charge on any atom is -0.371 e. The van der Waals surface area contributed by atoms with Crippen molar-refractivity contribution >= 4 is 0 Å². The van der Waals surface area contributed by atoms with Crippen molar-refractivity contribution in [1.29, 1.82) is 0 Å². The Morgan fingerprint density at radius 1 is 0.794 bits per heavy atom. The standard InChI is InChI=1S/C22H36N6O6/c1-5-9-31-21-15(3)33-19(13-17(21)25-27-23)29-11-7-8-12-30-20-14-18(26-28-24)22(16(4)34-20)32-10-6-2/h5-6,15-22H,1-2,7-14H2,3-4H3/t15-,16-,17-,18-,19+,20+,21-,22-/m0/s1. The fourth-order valence-corrected chi connectivity index (χ4v) is 4.09. The molecular formula is C22H36N6O6. The highest BCUT2D eigenvalue weighted by Gasteiger charge is 2.38. The van der Waals surface area contributed by atoms with E-state index in [0.29, 0.717) is 39.3 Å². The Balaban J connectivity index is 1.69. The van der Waals surface area contributed by atoms with Crippen LogP contribution in [0.1, 0.15) is 39.5 Å². The Bertz CT molecular complexity index is 669. The summed E-state index contributed by atoms with van der Waals surface area (Å²) < 4.78 is 34.9. The summed E-state index contributed by atoms with van der Waals surface area (Å²) in [6.45, 7) is 12.7. The molecule has 0 N–H and O–H groups in total. The minimum atomic E-state index is -0.463. The molecule has 12 heteroatoms. The zero-order valence-corrected chi connectivity index (χ0v) is 20.0. The van der Waals surface area contributed by atoms with Gasteiger partial charge in [-0.3, -0.25) is 0 Å². The van der Waals surface area contributed by atoms with Crippen LogP contribution in [0.25, 0.3) is 20.9 Å². The number of hydrogen-bond donors (Lipinski definition) is 0. The lowest BCUT2D eigenvalue weighted by molar-refractivity contribution is -0.233. The number of unbranched alkanes of at least 4 members (excludes halogenated alkanes) is 1. The Morgan fingerprint density at radius 2 is 1.21 bits per heavy atom. The fourth-order valence-electron chi connectivity index (χ4n) is 4.09. The molecule has 2 rings (SSSR count). The van der Waals surface area contributed by atoms with Crippen LogP contribution in [0.5, 0.6) is 0 Å². The van der Waals surface area contributed by atoms with Crippen molar-refractivity contribution in [2.24, 2.45) is 10.2 Å². The fraction of sp³-hybridized carbons (Fsp3) is 0.818. The number of ether oxygens (including phenoxy) is 6. The van der Waals surface area contributed by atoms with E-state index in [9.17, 15) is 0 Å². The summed E-state index contributed by atoms with van der Waals surface area (Å²) in [5.41, 5.74) is 17.7. The number of hydrogen-bond acceptors (Lipinski definition) is 8. The van der Waals surface area contributed by atoms with Gasteiger partial charge in [-0.1, -0.05) is 22.4 Å². The van der Waals surface area contributed by atoms with Gasteiger partial charge in [0, 0.05) is 35.9 Å². The van der Waals surface area contributed by atoms with E-state index in [1.54, 1.807) is 12.2 Å². The van der Waals surface area contributed by atoms with Crippen molar-refractivity contribution in [2.45, 2.75) is 88.6 Å². The Labute approximate surface area is 200 Å². The molecule has 0 radical (unpaired) electrons. The molecular weight excluding hydrogens is 444 g/mol. The first-order chi connectivity index (χ1) is 16.5. The molecule has 190 valence electrons. The first-order valence-corrected chi connectivity index (χ1v) is 11.6. The molecule has 2 heterocycles. The van der Waals surface area contributed by atoms with Gasteiger partial charge in [0.05, 0.1) is 49.7 Å². The van der Waals surface area contributed by atoms with E-state index in [1.165, 1.54) is 0 Å².